The number of aromatic nitrogens is 1. The van der Waals surface area contributed by atoms with Crippen LogP contribution in [0.15, 0.2) is 24.3 Å². The van der Waals surface area contributed by atoms with Gasteiger partial charge in [-0.3, -0.25) is 4.79 Å². The Kier molecular flexibility index (Phi) is 3.97. The maximum atomic E-state index is 12.0. The number of aryl methyl sites for hydroxylation is 2. The highest BCUT2D eigenvalue weighted by Gasteiger charge is 2.17. The second kappa shape index (κ2) is 5.90. The van der Waals surface area contributed by atoms with Gasteiger partial charge >= 0.3 is 0 Å². The van der Waals surface area contributed by atoms with E-state index in [1.807, 2.05) is 4.90 Å². The summed E-state index contributed by atoms with van der Waals surface area (Å²) in [5.74, 6) is 0.226. The highest BCUT2D eigenvalue weighted by Crippen LogP contribution is 2.24. The van der Waals surface area contributed by atoms with E-state index in [1.54, 1.807) is 0 Å². The summed E-state index contributed by atoms with van der Waals surface area (Å²) in [5.41, 5.74) is 3.80. The van der Waals surface area contributed by atoms with E-state index in [1.165, 1.54) is 22.2 Å². The number of carbonyl (C=O) groups excluding carboxylic acids is 1. The molecule has 0 spiro atoms. The maximum absolute atomic E-state index is 12.0. The molecule has 1 aromatic carbocycles. The topological polar surface area (TPSA) is 37.3 Å². The fourth-order valence-corrected chi connectivity index (χ4v) is 3.25. The van der Waals surface area contributed by atoms with Gasteiger partial charge in [0, 0.05) is 43.3 Å². The third kappa shape index (κ3) is 2.68. The molecular weight excluding hydrogens is 262 g/mol. The van der Waals surface area contributed by atoms with Crippen LogP contribution in [0, 0.1) is 6.92 Å². The second-order valence-corrected chi connectivity index (χ2v) is 5.84. The van der Waals surface area contributed by atoms with Crippen LogP contribution in [0.2, 0.25) is 0 Å². The minimum Gasteiger partial charge on any atom is -0.346 e. The van der Waals surface area contributed by atoms with Crippen molar-refractivity contribution in [3.63, 3.8) is 0 Å². The molecule has 0 unspecified atom stereocenters. The molecule has 1 aliphatic heterocycles. The number of benzene rings is 1. The Morgan fingerprint density at radius 3 is 2.67 bits per heavy atom. The summed E-state index contributed by atoms with van der Waals surface area (Å²) in [6.45, 7) is 5.17. The lowest BCUT2D eigenvalue weighted by Crippen LogP contribution is -2.36. The maximum Gasteiger partial charge on any atom is 0.236 e. The molecule has 0 bridgehead atoms. The largest absolute Gasteiger partial charge is 0.346 e. The fourth-order valence-electron chi connectivity index (χ4n) is 3.25. The number of hydrogen-bond acceptors (Lipinski definition) is 2. The number of nitrogens with one attached hydrogen (secondary N) is 1. The lowest BCUT2D eigenvalue weighted by molar-refractivity contribution is -0.129. The molecular formula is C17H23N3O. The van der Waals surface area contributed by atoms with Gasteiger partial charge in [0.25, 0.3) is 0 Å². The van der Waals surface area contributed by atoms with Crippen molar-refractivity contribution in [2.24, 2.45) is 7.05 Å². The van der Waals surface area contributed by atoms with Crippen molar-refractivity contribution < 1.29 is 4.79 Å². The SMILES string of the molecule is Cc1c(CNCC(=O)N2CCCC2)n(C)c2ccccc12. The van der Waals surface area contributed by atoms with E-state index in [0.29, 0.717) is 6.54 Å². The Morgan fingerprint density at radius 1 is 1.24 bits per heavy atom. The van der Waals surface area contributed by atoms with Crippen LogP contribution in [-0.2, 0) is 18.4 Å². The Balaban J connectivity index is 1.66. The van der Waals surface area contributed by atoms with Crippen LogP contribution in [0.3, 0.4) is 0 Å². The fraction of sp³-hybridized carbons (Fsp3) is 0.471. The predicted molar refractivity (Wildman–Crippen MR) is 85.2 cm³/mol. The number of para-hydroxylation sites is 1. The van der Waals surface area contributed by atoms with Crippen LogP contribution in [0.25, 0.3) is 10.9 Å². The summed E-state index contributed by atoms with van der Waals surface area (Å²) >= 11 is 0. The van der Waals surface area contributed by atoms with Crippen molar-refractivity contribution in [1.82, 2.24) is 14.8 Å². The van der Waals surface area contributed by atoms with Crippen LogP contribution in [0.1, 0.15) is 24.1 Å². The monoisotopic (exact) mass is 285 g/mol. The molecule has 0 aliphatic carbocycles. The van der Waals surface area contributed by atoms with Gasteiger partial charge in [-0.05, 0) is 31.4 Å². The summed E-state index contributed by atoms with van der Waals surface area (Å²) in [6.07, 6.45) is 2.29. The first-order chi connectivity index (χ1) is 10.2. The predicted octanol–water partition coefficient (Wildman–Crippen LogP) is 2.20. The van der Waals surface area contributed by atoms with Gasteiger partial charge in [-0.15, -0.1) is 0 Å². The molecule has 1 aromatic heterocycles. The van der Waals surface area contributed by atoms with E-state index in [0.717, 1.165) is 32.5 Å². The molecule has 112 valence electrons. The molecule has 2 aromatic rings. The number of amides is 1. The van der Waals surface area contributed by atoms with Crippen molar-refractivity contribution in [2.75, 3.05) is 19.6 Å². The van der Waals surface area contributed by atoms with E-state index < -0.39 is 0 Å². The van der Waals surface area contributed by atoms with E-state index >= 15 is 0 Å². The van der Waals surface area contributed by atoms with Gasteiger partial charge in [0.1, 0.15) is 0 Å². The van der Waals surface area contributed by atoms with Gasteiger partial charge in [0.15, 0.2) is 0 Å². The smallest absolute Gasteiger partial charge is 0.236 e. The Labute approximate surface area is 125 Å². The molecule has 0 radical (unpaired) electrons. The zero-order valence-corrected chi connectivity index (χ0v) is 12.9. The normalized spacial score (nSPS) is 15.0. The third-order valence-electron chi connectivity index (χ3n) is 4.53. The molecule has 0 atom stereocenters. The first-order valence-electron chi connectivity index (χ1n) is 7.70. The van der Waals surface area contributed by atoms with Gasteiger partial charge in [-0.25, -0.2) is 0 Å². The summed E-state index contributed by atoms with van der Waals surface area (Å²) in [4.78, 5) is 14.0. The van der Waals surface area contributed by atoms with Crippen LogP contribution in [0.4, 0.5) is 0 Å². The van der Waals surface area contributed by atoms with Crippen LogP contribution in [0.5, 0.6) is 0 Å². The van der Waals surface area contributed by atoms with E-state index in [2.05, 4.69) is 48.1 Å². The highest BCUT2D eigenvalue weighted by molar-refractivity contribution is 5.85. The summed E-state index contributed by atoms with van der Waals surface area (Å²) in [6, 6.07) is 8.43. The average molecular weight is 285 g/mol. The van der Waals surface area contributed by atoms with Crippen LogP contribution in [-0.4, -0.2) is 35.0 Å². The molecule has 3 rings (SSSR count). The number of likely N-dealkylation sites (tertiary alicyclic amines) is 1. The summed E-state index contributed by atoms with van der Waals surface area (Å²) in [7, 11) is 2.09. The molecule has 1 amide bonds. The molecule has 1 saturated heterocycles. The first kappa shape index (κ1) is 14.1. The molecule has 4 heteroatoms. The molecule has 1 fully saturated rings. The Bertz CT molecular complexity index is 614. The van der Waals surface area contributed by atoms with E-state index in [-0.39, 0.29) is 5.91 Å². The van der Waals surface area contributed by atoms with Crippen molar-refractivity contribution in [3.8, 4) is 0 Å². The second-order valence-electron chi connectivity index (χ2n) is 5.84. The van der Waals surface area contributed by atoms with E-state index in [9.17, 15) is 4.79 Å². The summed E-state index contributed by atoms with van der Waals surface area (Å²) < 4.78 is 2.22. The number of rotatable bonds is 4. The zero-order valence-electron chi connectivity index (χ0n) is 12.9. The van der Waals surface area contributed by atoms with Gasteiger partial charge in [0.05, 0.1) is 6.54 Å². The van der Waals surface area contributed by atoms with Gasteiger partial charge in [0.2, 0.25) is 5.91 Å². The van der Waals surface area contributed by atoms with Crippen LogP contribution >= 0.6 is 0 Å². The number of hydrogen-bond donors (Lipinski definition) is 1. The average Bonchev–Trinajstić information content (AvgIpc) is 3.11. The highest BCUT2D eigenvalue weighted by atomic mass is 16.2. The summed E-state index contributed by atoms with van der Waals surface area (Å²) in [5, 5.41) is 4.60. The van der Waals surface area contributed by atoms with E-state index in [4.69, 9.17) is 0 Å². The minimum absolute atomic E-state index is 0.226. The zero-order chi connectivity index (χ0) is 14.8. The van der Waals surface area contributed by atoms with Gasteiger partial charge < -0.3 is 14.8 Å². The molecule has 4 nitrogen and oxygen atoms in total. The molecule has 21 heavy (non-hydrogen) atoms. The quantitative estimate of drug-likeness (QED) is 0.935. The van der Waals surface area contributed by atoms with Gasteiger partial charge in [-0.2, -0.15) is 0 Å². The molecule has 1 N–H and O–H groups in total. The molecule has 0 saturated carbocycles. The lowest BCUT2D eigenvalue weighted by atomic mass is 10.1. The van der Waals surface area contributed by atoms with Crippen molar-refractivity contribution in [1.29, 1.82) is 0 Å². The Morgan fingerprint density at radius 2 is 1.95 bits per heavy atom. The Hall–Kier alpha value is -1.81. The lowest BCUT2D eigenvalue weighted by Gasteiger charge is -2.15. The molecule has 1 aliphatic rings. The molecule has 2 heterocycles. The van der Waals surface area contributed by atoms with Gasteiger partial charge in [-0.1, -0.05) is 18.2 Å². The number of carbonyl (C=O) groups is 1. The number of nitrogens with zero attached hydrogens (tertiary/aromatic N) is 2. The minimum atomic E-state index is 0.226. The first-order valence-corrected chi connectivity index (χ1v) is 7.70. The van der Waals surface area contributed by atoms with Crippen molar-refractivity contribution in [2.45, 2.75) is 26.3 Å². The standard InChI is InChI=1S/C17H23N3O/c1-13-14-7-3-4-8-15(14)19(2)16(13)11-18-12-17(21)20-9-5-6-10-20/h3-4,7-8,18H,5-6,9-12H2,1-2H3. The number of fused-ring (bicyclic) bond motifs is 1. The van der Waals surface area contributed by atoms with Crippen molar-refractivity contribution in [3.05, 3.63) is 35.5 Å². The van der Waals surface area contributed by atoms with Crippen LogP contribution < -0.4 is 5.32 Å². The third-order valence-corrected chi connectivity index (χ3v) is 4.53. The van der Waals surface area contributed by atoms with Crippen molar-refractivity contribution >= 4 is 16.8 Å².